The number of hydrogen-bond acceptors (Lipinski definition) is 3. The monoisotopic (exact) mass is 500 g/mol. The van der Waals surface area contributed by atoms with Crippen LogP contribution in [0.1, 0.15) is 56.6 Å². The lowest BCUT2D eigenvalue weighted by molar-refractivity contribution is -0.695. The molecule has 0 fully saturated rings. The molecular weight excluding hydrogens is 468 g/mol. The molecule has 2 aromatic carbocycles. The van der Waals surface area contributed by atoms with E-state index in [-0.39, 0.29) is 4.90 Å². The molecule has 1 heterocycles. The number of hydrogen-bond donors (Lipinski definition) is 0. The van der Waals surface area contributed by atoms with Crippen LogP contribution in [0.25, 0.3) is 0 Å². The number of nitrogens with zero attached hydrogens (tertiary/aromatic N) is 2. The number of aromatic nitrogens is 2. The smallest absolute Gasteiger partial charge is 0.243 e. The van der Waals surface area contributed by atoms with Crippen molar-refractivity contribution in [3.05, 3.63) is 83.4 Å². The molecule has 5 nitrogen and oxygen atoms in total. The first-order chi connectivity index (χ1) is 16.3. The summed E-state index contributed by atoms with van der Waals surface area (Å²) in [6.45, 7) is 6.13. The quantitative estimate of drug-likeness (QED) is 0.163. The number of imidazole rings is 1. The van der Waals surface area contributed by atoms with E-state index in [4.69, 9.17) is 11.6 Å². The molecule has 182 valence electrons. The molecule has 0 N–H and O–H groups in total. The van der Waals surface area contributed by atoms with Gasteiger partial charge in [-0.05, 0) is 56.2 Å². The Bertz CT molecular complexity index is 1160. The van der Waals surface area contributed by atoms with Gasteiger partial charge in [0, 0.05) is 17.0 Å². The predicted octanol–water partition coefficient (Wildman–Crippen LogP) is 5.74. The molecule has 3 rings (SSSR count). The summed E-state index contributed by atoms with van der Waals surface area (Å²) in [5.74, 6) is 6.40. The van der Waals surface area contributed by atoms with E-state index < -0.39 is 10.1 Å². The number of rotatable bonds is 9. The minimum atomic E-state index is -4.27. The second kappa shape index (κ2) is 14.6. The van der Waals surface area contributed by atoms with Crippen LogP contribution in [0.3, 0.4) is 0 Å². The maximum atomic E-state index is 10.4. The third-order valence-corrected chi connectivity index (χ3v) is 6.25. The van der Waals surface area contributed by atoms with Crippen LogP contribution in [0.2, 0.25) is 5.02 Å². The summed E-state index contributed by atoms with van der Waals surface area (Å²) in [5.41, 5.74) is 1.95. The summed E-state index contributed by atoms with van der Waals surface area (Å²) in [5, 5.41) is 0.752. The van der Waals surface area contributed by atoms with E-state index in [9.17, 15) is 13.0 Å². The van der Waals surface area contributed by atoms with Crippen LogP contribution in [-0.4, -0.2) is 17.5 Å². The van der Waals surface area contributed by atoms with Crippen LogP contribution in [0, 0.1) is 18.8 Å². The summed E-state index contributed by atoms with van der Waals surface area (Å²) in [7, 11) is -4.27. The SMILES string of the molecule is CCCCCCCn1cc[n+](CCC#Cc2ccc(Cl)cc2)c1.Cc1ccc(S(=O)(=O)[O-])cc1. The number of halogens is 1. The van der Waals surface area contributed by atoms with Crippen molar-refractivity contribution in [1.29, 1.82) is 0 Å². The Labute approximate surface area is 209 Å². The fourth-order valence-electron chi connectivity index (χ4n) is 3.19. The molecule has 0 amide bonds. The summed E-state index contributed by atoms with van der Waals surface area (Å²) in [6, 6.07) is 13.4. The molecule has 0 bridgehead atoms. The van der Waals surface area contributed by atoms with Gasteiger partial charge < -0.3 is 4.55 Å². The van der Waals surface area contributed by atoms with E-state index in [2.05, 4.69) is 46.6 Å². The van der Waals surface area contributed by atoms with Crippen molar-refractivity contribution in [1.82, 2.24) is 4.57 Å². The van der Waals surface area contributed by atoms with E-state index in [1.54, 1.807) is 12.1 Å². The first kappa shape index (κ1) is 27.7. The van der Waals surface area contributed by atoms with Gasteiger partial charge in [0.1, 0.15) is 29.1 Å². The van der Waals surface area contributed by atoms with Gasteiger partial charge in [0.2, 0.25) is 6.33 Å². The van der Waals surface area contributed by atoms with Crippen LogP contribution < -0.4 is 4.57 Å². The Morgan fingerprint density at radius 2 is 1.68 bits per heavy atom. The molecular formula is C27H33ClN2O3S. The van der Waals surface area contributed by atoms with Crippen molar-refractivity contribution < 1.29 is 17.5 Å². The lowest BCUT2D eigenvalue weighted by atomic mass is 10.1. The lowest BCUT2D eigenvalue weighted by Crippen LogP contribution is -2.30. The molecule has 0 aliphatic rings. The number of aryl methyl sites for hydroxylation is 3. The minimum absolute atomic E-state index is 0.178. The van der Waals surface area contributed by atoms with Crippen LogP contribution in [-0.2, 0) is 23.2 Å². The normalized spacial score (nSPS) is 10.7. The zero-order chi connectivity index (χ0) is 24.8. The highest BCUT2D eigenvalue weighted by molar-refractivity contribution is 7.85. The van der Waals surface area contributed by atoms with Crippen molar-refractivity contribution in [2.24, 2.45) is 0 Å². The van der Waals surface area contributed by atoms with Gasteiger partial charge in [-0.1, -0.05) is 67.3 Å². The largest absolute Gasteiger partial charge is 0.744 e. The highest BCUT2D eigenvalue weighted by Gasteiger charge is 2.02. The summed E-state index contributed by atoms with van der Waals surface area (Å²) >= 11 is 5.86. The molecule has 7 heteroatoms. The Balaban J connectivity index is 0.000000310. The van der Waals surface area contributed by atoms with Crippen molar-refractivity contribution in [3.8, 4) is 11.8 Å². The Morgan fingerprint density at radius 1 is 1.00 bits per heavy atom. The predicted molar refractivity (Wildman–Crippen MR) is 135 cm³/mol. The Morgan fingerprint density at radius 3 is 2.32 bits per heavy atom. The fraction of sp³-hybridized carbons (Fsp3) is 0.370. The first-order valence-corrected chi connectivity index (χ1v) is 13.4. The highest BCUT2D eigenvalue weighted by atomic mass is 35.5. The van der Waals surface area contributed by atoms with Gasteiger partial charge in [-0.3, -0.25) is 0 Å². The van der Waals surface area contributed by atoms with Crippen molar-refractivity contribution in [2.45, 2.75) is 70.4 Å². The first-order valence-electron chi connectivity index (χ1n) is 11.6. The molecule has 0 aliphatic heterocycles. The van der Waals surface area contributed by atoms with E-state index in [1.165, 1.54) is 44.2 Å². The Kier molecular flexibility index (Phi) is 11.9. The van der Waals surface area contributed by atoms with Gasteiger partial charge in [0.05, 0.1) is 11.4 Å². The molecule has 1 aromatic heterocycles. The van der Waals surface area contributed by atoms with Gasteiger partial charge in [0.15, 0.2) is 0 Å². The molecule has 0 saturated carbocycles. The van der Waals surface area contributed by atoms with Crippen LogP contribution >= 0.6 is 11.6 Å². The lowest BCUT2D eigenvalue weighted by Gasteiger charge is -2.05. The van der Waals surface area contributed by atoms with Crippen LogP contribution in [0.4, 0.5) is 0 Å². The summed E-state index contributed by atoms with van der Waals surface area (Å²) in [6.07, 6.45) is 14.0. The molecule has 0 spiro atoms. The third kappa shape index (κ3) is 11.0. The van der Waals surface area contributed by atoms with E-state index in [0.29, 0.717) is 0 Å². The number of benzene rings is 2. The average molecular weight is 501 g/mol. The van der Waals surface area contributed by atoms with Crippen LogP contribution in [0.5, 0.6) is 0 Å². The second-order valence-corrected chi connectivity index (χ2v) is 9.95. The van der Waals surface area contributed by atoms with E-state index in [0.717, 1.165) is 35.7 Å². The molecule has 0 saturated heterocycles. The van der Waals surface area contributed by atoms with Gasteiger partial charge in [-0.2, -0.15) is 0 Å². The summed E-state index contributed by atoms with van der Waals surface area (Å²) in [4.78, 5) is -0.178. The third-order valence-electron chi connectivity index (χ3n) is 5.15. The second-order valence-electron chi connectivity index (χ2n) is 8.13. The summed E-state index contributed by atoms with van der Waals surface area (Å²) < 4.78 is 35.7. The molecule has 0 aliphatic carbocycles. The molecule has 34 heavy (non-hydrogen) atoms. The van der Waals surface area contributed by atoms with Crippen molar-refractivity contribution in [3.63, 3.8) is 0 Å². The van der Waals surface area contributed by atoms with Crippen LogP contribution in [0.15, 0.2) is 72.1 Å². The zero-order valence-electron chi connectivity index (χ0n) is 19.9. The number of unbranched alkanes of at least 4 members (excludes halogenated alkanes) is 4. The van der Waals surface area contributed by atoms with Gasteiger partial charge in [-0.25, -0.2) is 17.6 Å². The maximum Gasteiger partial charge on any atom is 0.243 e. The van der Waals surface area contributed by atoms with Gasteiger partial charge in [0.25, 0.3) is 0 Å². The fourth-order valence-corrected chi connectivity index (χ4v) is 3.78. The highest BCUT2D eigenvalue weighted by Crippen LogP contribution is 2.09. The molecule has 3 aromatic rings. The molecule has 0 atom stereocenters. The minimum Gasteiger partial charge on any atom is -0.744 e. The molecule has 0 unspecified atom stereocenters. The standard InChI is InChI=1S/C20H26ClN2.C7H8O3S/c1-2-3-4-5-7-14-22-16-17-23(18-22)15-8-6-9-19-10-12-20(21)13-11-19;1-6-2-4-7(5-3-6)11(8,9)10/h10-13,16-18H,2-5,7-8,14-15H2,1H3;2-5H,1H3,(H,8,9,10)/q+1;/p-1. The average Bonchev–Trinajstić information content (AvgIpc) is 3.25. The van der Waals surface area contributed by atoms with Crippen molar-refractivity contribution >= 4 is 21.7 Å². The topological polar surface area (TPSA) is 66.0 Å². The maximum absolute atomic E-state index is 10.4. The molecule has 0 radical (unpaired) electrons. The Hall–Kier alpha value is -2.59. The van der Waals surface area contributed by atoms with E-state index in [1.807, 2.05) is 31.2 Å². The van der Waals surface area contributed by atoms with Crippen molar-refractivity contribution in [2.75, 3.05) is 0 Å². The zero-order valence-corrected chi connectivity index (χ0v) is 21.5. The van der Waals surface area contributed by atoms with E-state index >= 15 is 0 Å². The van der Waals surface area contributed by atoms with Gasteiger partial charge >= 0.3 is 0 Å². The van der Waals surface area contributed by atoms with Gasteiger partial charge in [-0.15, -0.1) is 0 Å².